The van der Waals surface area contributed by atoms with Crippen LogP contribution in [0.15, 0.2) is 48.5 Å². The number of nitrogens with two attached hydrogens (primary N) is 1. The molecular weight excluding hydrogens is 322 g/mol. The van der Waals surface area contributed by atoms with Crippen LogP contribution in [0, 0.1) is 0 Å². The summed E-state index contributed by atoms with van der Waals surface area (Å²) in [4.78, 5) is 13.4. The molecule has 3 rings (SSSR count). The molecule has 1 amide bonds. The Morgan fingerprint density at radius 1 is 1.29 bits per heavy atom. The lowest BCUT2D eigenvalue weighted by Crippen LogP contribution is -2.50. The maximum Gasteiger partial charge on any atom is 0.260 e. The average molecular weight is 341 g/mol. The maximum atomic E-state index is 11.6. The third kappa shape index (κ3) is 3.33. The molecule has 0 aliphatic carbocycles. The number of nitrogens with one attached hydrogen (secondary N) is 1. The van der Waals surface area contributed by atoms with Gasteiger partial charge in [-0.05, 0) is 48.5 Å². The van der Waals surface area contributed by atoms with Crippen molar-refractivity contribution in [2.45, 2.75) is 19.4 Å². The van der Waals surface area contributed by atoms with E-state index >= 15 is 0 Å². The van der Waals surface area contributed by atoms with Gasteiger partial charge in [-0.15, -0.1) is 0 Å². The second-order valence-corrected chi connectivity index (χ2v) is 5.95. The SMILES string of the molecule is CCc1ccc(NC(=S)N2CC(C(N)=O)Oc3ccccc32)cc1. The van der Waals surface area contributed by atoms with E-state index in [4.69, 9.17) is 22.7 Å². The van der Waals surface area contributed by atoms with E-state index in [0.717, 1.165) is 17.8 Å². The zero-order chi connectivity index (χ0) is 17.1. The molecule has 1 atom stereocenters. The van der Waals surface area contributed by atoms with Crippen molar-refractivity contribution in [2.75, 3.05) is 16.8 Å². The summed E-state index contributed by atoms with van der Waals surface area (Å²) in [6.45, 7) is 2.40. The van der Waals surface area contributed by atoms with Crippen LogP contribution in [0.25, 0.3) is 0 Å². The van der Waals surface area contributed by atoms with E-state index in [-0.39, 0.29) is 6.54 Å². The topological polar surface area (TPSA) is 67.6 Å². The molecular formula is C18H19N3O2S. The van der Waals surface area contributed by atoms with E-state index in [0.29, 0.717) is 10.9 Å². The number of carbonyl (C=O) groups is 1. The lowest BCUT2D eigenvalue weighted by Gasteiger charge is -2.35. The molecule has 1 unspecified atom stereocenters. The minimum absolute atomic E-state index is 0.283. The fraction of sp³-hybridized carbons (Fsp3) is 0.222. The van der Waals surface area contributed by atoms with Crippen LogP contribution in [0.2, 0.25) is 0 Å². The zero-order valence-electron chi connectivity index (χ0n) is 13.4. The first-order valence-electron chi connectivity index (χ1n) is 7.81. The number of primary amides is 1. The monoisotopic (exact) mass is 341 g/mol. The summed E-state index contributed by atoms with van der Waals surface area (Å²) in [6.07, 6.45) is 0.254. The molecule has 2 aromatic rings. The van der Waals surface area contributed by atoms with Crippen LogP contribution in [0.5, 0.6) is 5.75 Å². The predicted molar refractivity (Wildman–Crippen MR) is 99.4 cm³/mol. The van der Waals surface area contributed by atoms with Crippen LogP contribution in [0.3, 0.4) is 0 Å². The highest BCUT2D eigenvalue weighted by Crippen LogP contribution is 2.33. The summed E-state index contributed by atoms with van der Waals surface area (Å²) in [5, 5.41) is 3.71. The van der Waals surface area contributed by atoms with Gasteiger partial charge in [0, 0.05) is 5.69 Å². The van der Waals surface area contributed by atoms with Crippen LogP contribution in [-0.4, -0.2) is 23.7 Å². The number of benzene rings is 2. The van der Waals surface area contributed by atoms with Gasteiger partial charge in [-0.1, -0.05) is 31.2 Å². The second kappa shape index (κ2) is 6.88. The van der Waals surface area contributed by atoms with Gasteiger partial charge in [0.1, 0.15) is 5.75 Å². The Balaban J connectivity index is 1.83. The molecule has 0 aromatic heterocycles. The van der Waals surface area contributed by atoms with Gasteiger partial charge >= 0.3 is 0 Å². The Hall–Kier alpha value is -2.60. The first-order valence-corrected chi connectivity index (χ1v) is 8.21. The molecule has 124 valence electrons. The van der Waals surface area contributed by atoms with Crippen LogP contribution in [-0.2, 0) is 11.2 Å². The second-order valence-electron chi connectivity index (χ2n) is 5.57. The zero-order valence-corrected chi connectivity index (χ0v) is 14.2. The van der Waals surface area contributed by atoms with Gasteiger partial charge in [0.25, 0.3) is 5.91 Å². The highest BCUT2D eigenvalue weighted by atomic mass is 32.1. The van der Waals surface area contributed by atoms with E-state index in [2.05, 4.69) is 24.4 Å². The van der Waals surface area contributed by atoms with E-state index in [1.54, 1.807) is 6.07 Å². The van der Waals surface area contributed by atoms with Gasteiger partial charge in [0.15, 0.2) is 11.2 Å². The molecule has 0 spiro atoms. The van der Waals surface area contributed by atoms with Gasteiger partial charge in [-0.3, -0.25) is 4.79 Å². The number of fused-ring (bicyclic) bond motifs is 1. The molecule has 6 heteroatoms. The lowest BCUT2D eigenvalue weighted by molar-refractivity contribution is -0.124. The fourth-order valence-corrected chi connectivity index (χ4v) is 2.88. The Morgan fingerprint density at radius 3 is 2.67 bits per heavy atom. The number of thiocarbonyl (C=S) groups is 1. The summed E-state index contributed by atoms with van der Waals surface area (Å²) in [6, 6.07) is 15.6. The first kappa shape index (κ1) is 16.3. The lowest BCUT2D eigenvalue weighted by atomic mass is 10.1. The summed E-state index contributed by atoms with van der Waals surface area (Å²) >= 11 is 5.54. The third-order valence-electron chi connectivity index (χ3n) is 3.95. The van der Waals surface area contributed by atoms with Crippen LogP contribution < -0.4 is 20.7 Å². The number of rotatable bonds is 3. The highest BCUT2D eigenvalue weighted by Gasteiger charge is 2.31. The molecule has 24 heavy (non-hydrogen) atoms. The Morgan fingerprint density at radius 2 is 2.00 bits per heavy atom. The quantitative estimate of drug-likeness (QED) is 0.840. The van der Waals surface area contributed by atoms with Crippen molar-refractivity contribution >= 4 is 34.6 Å². The normalized spacial score (nSPS) is 16.0. The number of para-hydroxylation sites is 2. The van der Waals surface area contributed by atoms with Gasteiger partial charge < -0.3 is 20.7 Å². The van der Waals surface area contributed by atoms with Crippen molar-refractivity contribution in [3.05, 3.63) is 54.1 Å². The number of hydrogen-bond donors (Lipinski definition) is 2. The number of nitrogens with zero attached hydrogens (tertiary/aromatic N) is 1. The van der Waals surface area contributed by atoms with E-state index in [1.165, 1.54) is 5.56 Å². The van der Waals surface area contributed by atoms with E-state index < -0.39 is 12.0 Å². The van der Waals surface area contributed by atoms with Crippen molar-refractivity contribution in [2.24, 2.45) is 5.73 Å². The molecule has 1 heterocycles. The van der Waals surface area contributed by atoms with Gasteiger partial charge in [0.2, 0.25) is 0 Å². The summed E-state index contributed by atoms with van der Waals surface area (Å²) in [7, 11) is 0. The molecule has 0 saturated heterocycles. The number of ether oxygens (including phenoxy) is 1. The van der Waals surface area contributed by atoms with Crippen LogP contribution >= 0.6 is 12.2 Å². The van der Waals surface area contributed by atoms with Crippen molar-refractivity contribution < 1.29 is 9.53 Å². The molecule has 2 aromatic carbocycles. The minimum Gasteiger partial charge on any atom is -0.477 e. The number of carbonyl (C=O) groups excluding carboxylic acids is 1. The number of hydrogen-bond acceptors (Lipinski definition) is 3. The van der Waals surface area contributed by atoms with E-state index in [9.17, 15) is 4.79 Å². The molecule has 0 bridgehead atoms. The average Bonchev–Trinajstić information content (AvgIpc) is 2.61. The molecule has 0 saturated carbocycles. The van der Waals surface area contributed by atoms with Crippen molar-refractivity contribution in [3.8, 4) is 5.75 Å². The molecule has 0 radical (unpaired) electrons. The largest absolute Gasteiger partial charge is 0.477 e. The number of amides is 1. The fourth-order valence-electron chi connectivity index (χ4n) is 2.59. The minimum atomic E-state index is -0.734. The van der Waals surface area contributed by atoms with E-state index in [1.807, 2.05) is 35.2 Å². The molecule has 0 fully saturated rings. The number of anilines is 2. The predicted octanol–water partition coefficient (Wildman–Crippen LogP) is 2.70. The van der Waals surface area contributed by atoms with Gasteiger partial charge in [-0.25, -0.2) is 0 Å². The Kier molecular flexibility index (Phi) is 4.66. The third-order valence-corrected chi connectivity index (χ3v) is 4.27. The molecule has 5 nitrogen and oxygen atoms in total. The van der Waals surface area contributed by atoms with Gasteiger partial charge in [-0.2, -0.15) is 0 Å². The van der Waals surface area contributed by atoms with Crippen LogP contribution in [0.4, 0.5) is 11.4 Å². The molecule has 3 N–H and O–H groups in total. The van der Waals surface area contributed by atoms with Crippen LogP contribution in [0.1, 0.15) is 12.5 Å². The van der Waals surface area contributed by atoms with Gasteiger partial charge in [0.05, 0.1) is 12.2 Å². The molecule has 1 aliphatic rings. The Bertz CT molecular complexity index is 761. The summed E-state index contributed by atoms with van der Waals surface area (Å²) < 4.78 is 5.65. The Labute approximate surface area is 146 Å². The standard InChI is InChI=1S/C18H19N3O2S/c1-2-12-7-9-13(10-8-12)20-18(24)21-11-16(17(19)22)23-15-6-4-3-5-14(15)21/h3-10,16H,2,11H2,1H3,(H2,19,22)(H,20,24). The highest BCUT2D eigenvalue weighted by molar-refractivity contribution is 7.80. The summed E-state index contributed by atoms with van der Waals surface area (Å²) in [5.74, 6) is 0.0858. The van der Waals surface area contributed by atoms with Crippen molar-refractivity contribution in [3.63, 3.8) is 0 Å². The summed E-state index contributed by atoms with van der Waals surface area (Å²) in [5.41, 5.74) is 8.40. The van der Waals surface area contributed by atoms with Crippen molar-refractivity contribution in [1.29, 1.82) is 0 Å². The van der Waals surface area contributed by atoms with Crippen molar-refractivity contribution in [1.82, 2.24) is 0 Å². The maximum absolute atomic E-state index is 11.6. The first-order chi connectivity index (χ1) is 11.6. The number of aryl methyl sites for hydroxylation is 1. The smallest absolute Gasteiger partial charge is 0.260 e. The molecule has 1 aliphatic heterocycles.